The van der Waals surface area contributed by atoms with Gasteiger partial charge >= 0.3 is 0 Å². The van der Waals surface area contributed by atoms with Crippen LogP contribution in [-0.4, -0.2) is 62.7 Å². The second-order valence-corrected chi connectivity index (χ2v) is 8.57. The van der Waals surface area contributed by atoms with Gasteiger partial charge in [-0.3, -0.25) is 9.69 Å². The summed E-state index contributed by atoms with van der Waals surface area (Å²) in [6.07, 6.45) is 5.69. The summed E-state index contributed by atoms with van der Waals surface area (Å²) < 4.78 is 9.57. The molecule has 7 nitrogen and oxygen atoms in total. The normalized spacial score (nSPS) is 24.3. The topological polar surface area (TPSA) is 75.4 Å². The summed E-state index contributed by atoms with van der Waals surface area (Å²) in [4.78, 5) is 18.2. The number of carbonyl (C=O) groups is 1. The predicted octanol–water partition coefficient (Wildman–Crippen LogP) is 3.08. The minimum atomic E-state index is 0.209. The Balaban J connectivity index is 1.44. The first-order valence-corrected chi connectivity index (χ1v) is 10.7. The van der Waals surface area contributed by atoms with Crippen LogP contribution in [0.3, 0.4) is 0 Å². The van der Waals surface area contributed by atoms with Crippen LogP contribution in [0.15, 0.2) is 10.6 Å². The fraction of sp³-hybridized carbons (Fsp3) is 0.684. The molecule has 0 spiro atoms. The van der Waals surface area contributed by atoms with Crippen molar-refractivity contribution in [3.63, 3.8) is 0 Å². The van der Waals surface area contributed by atoms with Crippen LogP contribution >= 0.6 is 11.5 Å². The van der Waals surface area contributed by atoms with Gasteiger partial charge < -0.3 is 9.42 Å². The van der Waals surface area contributed by atoms with E-state index in [0.29, 0.717) is 19.1 Å². The van der Waals surface area contributed by atoms with Crippen molar-refractivity contribution in [2.45, 2.75) is 57.9 Å². The largest absolute Gasteiger partial charge is 0.355 e. The van der Waals surface area contributed by atoms with Crippen LogP contribution < -0.4 is 0 Å². The molecule has 2 unspecified atom stereocenters. The van der Waals surface area contributed by atoms with Gasteiger partial charge in [0.15, 0.2) is 5.76 Å². The van der Waals surface area contributed by atoms with Crippen molar-refractivity contribution >= 4 is 17.4 Å². The molecule has 0 aliphatic carbocycles. The highest BCUT2D eigenvalue weighted by Gasteiger charge is 2.31. The summed E-state index contributed by atoms with van der Waals surface area (Å²) in [5, 5.41) is 8.36. The summed E-state index contributed by atoms with van der Waals surface area (Å²) >= 11 is 1.34. The molecule has 2 aromatic heterocycles. The van der Waals surface area contributed by atoms with E-state index in [2.05, 4.69) is 26.6 Å². The van der Waals surface area contributed by atoms with E-state index in [0.717, 1.165) is 48.0 Å². The van der Waals surface area contributed by atoms with Crippen LogP contribution in [-0.2, 0) is 4.79 Å². The lowest BCUT2D eigenvalue weighted by Gasteiger charge is -2.37. The van der Waals surface area contributed by atoms with Gasteiger partial charge in [-0.15, -0.1) is 5.10 Å². The molecule has 2 aliphatic heterocycles. The minimum absolute atomic E-state index is 0.209. The van der Waals surface area contributed by atoms with E-state index in [-0.39, 0.29) is 11.8 Å². The number of amides is 1. The molecule has 0 bridgehead atoms. The van der Waals surface area contributed by atoms with Gasteiger partial charge in [0, 0.05) is 31.1 Å². The van der Waals surface area contributed by atoms with E-state index in [9.17, 15) is 4.79 Å². The molecule has 1 amide bonds. The van der Waals surface area contributed by atoms with Crippen LogP contribution in [0, 0.1) is 6.92 Å². The Morgan fingerprint density at radius 3 is 2.96 bits per heavy atom. The van der Waals surface area contributed by atoms with E-state index < -0.39 is 0 Å². The van der Waals surface area contributed by atoms with Gasteiger partial charge in [-0.05, 0) is 57.6 Å². The second kappa shape index (κ2) is 8.06. The number of piperidine rings is 2. The molecule has 2 fully saturated rings. The van der Waals surface area contributed by atoms with Crippen LogP contribution in [0.2, 0.25) is 0 Å². The van der Waals surface area contributed by atoms with Crippen molar-refractivity contribution in [2.24, 2.45) is 0 Å². The number of hydrogen-bond acceptors (Lipinski definition) is 7. The maximum atomic E-state index is 12.9. The number of likely N-dealkylation sites (tertiary alicyclic amines) is 2. The van der Waals surface area contributed by atoms with Crippen molar-refractivity contribution < 1.29 is 9.32 Å². The van der Waals surface area contributed by atoms with Crippen LogP contribution in [0.4, 0.5) is 0 Å². The third-order valence-corrected chi connectivity index (χ3v) is 6.56. The number of aromatic nitrogens is 3. The van der Waals surface area contributed by atoms with Crippen LogP contribution in [0.25, 0.3) is 10.6 Å². The Kier molecular flexibility index (Phi) is 5.54. The Bertz CT molecular complexity index is 789. The molecule has 2 saturated heterocycles. The molecule has 8 heteroatoms. The molecular formula is C19H27N5O2S. The summed E-state index contributed by atoms with van der Waals surface area (Å²) in [7, 11) is 0. The monoisotopic (exact) mass is 389 g/mol. The van der Waals surface area contributed by atoms with E-state index >= 15 is 0 Å². The highest BCUT2D eigenvalue weighted by Crippen LogP contribution is 2.35. The van der Waals surface area contributed by atoms with Crippen molar-refractivity contribution in [1.29, 1.82) is 0 Å². The third kappa shape index (κ3) is 4.06. The van der Waals surface area contributed by atoms with Crippen molar-refractivity contribution in [2.75, 3.05) is 26.2 Å². The minimum Gasteiger partial charge on any atom is -0.355 e. The quantitative estimate of drug-likeness (QED) is 0.800. The Labute approximate surface area is 163 Å². The SMILES string of the molecule is Cc1cc(-c2snnc2C2CCCN(C(=O)CN3CCCCC3C)C2)on1. The molecule has 146 valence electrons. The van der Waals surface area contributed by atoms with Crippen molar-refractivity contribution in [3.8, 4) is 10.6 Å². The molecule has 2 aliphatic rings. The zero-order valence-electron chi connectivity index (χ0n) is 16.1. The fourth-order valence-corrected chi connectivity index (χ4v) is 4.90. The van der Waals surface area contributed by atoms with E-state index in [4.69, 9.17) is 4.52 Å². The number of carbonyl (C=O) groups excluding carboxylic acids is 1. The highest BCUT2D eigenvalue weighted by molar-refractivity contribution is 7.09. The molecule has 2 atom stereocenters. The standard InChI is InChI=1S/C19H27N5O2S/c1-13-10-16(26-21-13)19-18(20-22-27-19)15-7-5-9-24(11-15)17(25)12-23-8-4-3-6-14(23)2/h10,14-15H,3-9,11-12H2,1-2H3. The Hall–Kier alpha value is -1.80. The van der Waals surface area contributed by atoms with Crippen molar-refractivity contribution in [3.05, 3.63) is 17.5 Å². The smallest absolute Gasteiger partial charge is 0.236 e. The zero-order chi connectivity index (χ0) is 18.8. The molecule has 0 aromatic carbocycles. The average Bonchev–Trinajstić information content (AvgIpc) is 3.32. The van der Waals surface area contributed by atoms with E-state index in [1.165, 1.54) is 30.8 Å². The maximum absolute atomic E-state index is 12.9. The molecule has 0 N–H and O–H groups in total. The predicted molar refractivity (Wildman–Crippen MR) is 104 cm³/mol. The lowest BCUT2D eigenvalue weighted by molar-refractivity contribution is -0.134. The Morgan fingerprint density at radius 1 is 1.30 bits per heavy atom. The van der Waals surface area contributed by atoms with Gasteiger partial charge in [0.05, 0.1) is 17.9 Å². The summed E-state index contributed by atoms with van der Waals surface area (Å²) in [5.41, 5.74) is 1.79. The maximum Gasteiger partial charge on any atom is 0.236 e. The van der Waals surface area contributed by atoms with Crippen molar-refractivity contribution in [1.82, 2.24) is 24.5 Å². The van der Waals surface area contributed by atoms with Gasteiger partial charge in [0.2, 0.25) is 5.91 Å². The van der Waals surface area contributed by atoms with E-state index in [1.807, 2.05) is 17.9 Å². The average molecular weight is 390 g/mol. The molecule has 2 aromatic rings. The number of aryl methyl sites for hydroxylation is 1. The first kappa shape index (κ1) is 18.6. The second-order valence-electron chi connectivity index (χ2n) is 7.81. The van der Waals surface area contributed by atoms with Gasteiger partial charge in [0.25, 0.3) is 0 Å². The van der Waals surface area contributed by atoms with Gasteiger partial charge in [-0.25, -0.2) is 0 Å². The van der Waals surface area contributed by atoms with Crippen LogP contribution in [0.1, 0.15) is 56.3 Å². The Morgan fingerprint density at radius 2 is 2.19 bits per heavy atom. The lowest BCUT2D eigenvalue weighted by atomic mass is 9.93. The zero-order valence-corrected chi connectivity index (χ0v) is 16.9. The molecule has 4 rings (SSSR count). The number of hydrogen-bond donors (Lipinski definition) is 0. The third-order valence-electron chi connectivity index (χ3n) is 5.80. The number of nitrogens with zero attached hydrogens (tertiary/aromatic N) is 5. The van der Waals surface area contributed by atoms with E-state index in [1.54, 1.807) is 0 Å². The summed E-state index contributed by atoms with van der Waals surface area (Å²) in [5.74, 6) is 1.18. The first-order chi connectivity index (χ1) is 13.1. The fourth-order valence-electron chi connectivity index (χ4n) is 4.20. The summed E-state index contributed by atoms with van der Waals surface area (Å²) in [6.45, 7) is 7.27. The molecule has 0 radical (unpaired) electrons. The molecule has 27 heavy (non-hydrogen) atoms. The molecular weight excluding hydrogens is 362 g/mol. The summed E-state index contributed by atoms with van der Waals surface area (Å²) in [6, 6.07) is 2.43. The van der Waals surface area contributed by atoms with Crippen LogP contribution in [0.5, 0.6) is 0 Å². The molecule has 4 heterocycles. The van der Waals surface area contributed by atoms with Gasteiger partial charge in [0.1, 0.15) is 4.88 Å². The van der Waals surface area contributed by atoms with Gasteiger partial charge in [-0.1, -0.05) is 16.1 Å². The lowest BCUT2D eigenvalue weighted by Crippen LogP contribution is -2.48. The highest BCUT2D eigenvalue weighted by atomic mass is 32.1. The first-order valence-electron chi connectivity index (χ1n) is 9.89. The number of rotatable bonds is 4. The molecule has 0 saturated carbocycles. The van der Waals surface area contributed by atoms with Gasteiger partial charge in [-0.2, -0.15) is 0 Å².